The molecule has 1 N–H and O–H groups in total. The van der Waals surface area contributed by atoms with Crippen molar-refractivity contribution in [2.24, 2.45) is 5.92 Å². The Hall–Kier alpha value is -0.650. The van der Waals surface area contributed by atoms with Crippen molar-refractivity contribution in [3.8, 4) is 0 Å². The number of hydrogen-bond donors (Lipinski definition) is 1. The molecule has 0 aromatic heterocycles. The number of rotatable bonds is 4. The lowest BCUT2D eigenvalue weighted by molar-refractivity contribution is -0.407. The van der Waals surface area contributed by atoms with Gasteiger partial charge in [0.15, 0.2) is 0 Å². The summed E-state index contributed by atoms with van der Waals surface area (Å²) in [5, 5.41) is 8.74. The van der Waals surface area contributed by atoms with E-state index in [2.05, 4.69) is 9.62 Å². The normalized spacial score (nSPS) is 31.3. The highest BCUT2D eigenvalue weighted by molar-refractivity contribution is 5.69. The van der Waals surface area contributed by atoms with E-state index >= 15 is 0 Å². The van der Waals surface area contributed by atoms with Gasteiger partial charge in [0.25, 0.3) is 0 Å². The molecule has 5 heteroatoms. The minimum atomic E-state index is -0.868. The fourth-order valence-electron chi connectivity index (χ4n) is 1.97. The van der Waals surface area contributed by atoms with Crippen molar-refractivity contribution in [2.45, 2.75) is 37.9 Å². The van der Waals surface area contributed by atoms with Gasteiger partial charge in [0.05, 0.1) is 7.11 Å². The van der Waals surface area contributed by atoms with Gasteiger partial charge in [-0.2, -0.15) is 0 Å². The lowest BCUT2D eigenvalue weighted by atomic mass is 9.83. The van der Waals surface area contributed by atoms with Gasteiger partial charge in [-0.1, -0.05) is 0 Å². The Labute approximate surface area is 89.2 Å². The van der Waals surface area contributed by atoms with E-state index in [1.54, 1.807) is 0 Å². The molecule has 0 aromatic carbocycles. The molecule has 0 spiro atoms. The van der Waals surface area contributed by atoms with Crippen LogP contribution >= 0.6 is 0 Å². The third-order valence-electron chi connectivity index (χ3n) is 3.09. The number of carbonyl (C=O) groups is 1. The first kappa shape index (κ1) is 12.4. The van der Waals surface area contributed by atoms with Crippen molar-refractivity contribution >= 4 is 5.97 Å². The van der Waals surface area contributed by atoms with E-state index in [0.29, 0.717) is 25.2 Å². The Bertz CT molecular complexity index is 202. The van der Waals surface area contributed by atoms with Crippen molar-refractivity contribution in [3.63, 3.8) is 0 Å². The van der Waals surface area contributed by atoms with Crippen molar-refractivity contribution in [1.82, 2.24) is 0 Å². The predicted octanol–water partition coefficient (Wildman–Crippen LogP) is 1.57. The fraction of sp³-hybridized carbons (Fsp3) is 0.900. The molecular weight excluding hydrogens is 200 g/mol. The molecule has 0 bridgehead atoms. The smallest absolute Gasteiger partial charge is 0.305 e. The van der Waals surface area contributed by atoms with E-state index in [9.17, 15) is 4.79 Å². The molecule has 0 atom stereocenters. The minimum absolute atomic E-state index is 0.185. The van der Waals surface area contributed by atoms with Crippen LogP contribution in [0.5, 0.6) is 0 Å². The number of ether oxygens (including phenoxy) is 2. The summed E-state index contributed by atoms with van der Waals surface area (Å²) in [7, 11) is 2.90. The molecule has 5 nitrogen and oxygen atoms in total. The second-order valence-electron chi connectivity index (χ2n) is 3.93. The molecule has 0 unspecified atom stereocenters. The summed E-state index contributed by atoms with van der Waals surface area (Å²) in [5.74, 6) is -0.752. The van der Waals surface area contributed by atoms with Gasteiger partial charge < -0.3 is 9.47 Å². The van der Waals surface area contributed by atoms with E-state index in [0.717, 1.165) is 12.8 Å². The Morgan fingerprint density at radius 2 is 2.00 bits per heavy atom. The summed E-state index contributed by atoms with van der Waals surface area (Å²) in [4.78, 5) is 15.4. The summed E-state index contributed by atoms with van der Waals surface area (Å²) in [6.45, 7) is 0. The van der Waals surface area contributed by atoms with Crippen LogP contribution in [0.3, 0.4) is 0 Å². The first-order valence-corrected chi connectivity index (χ1v) is 5.10. The summed E-state index contributed by atoms with van der Waals surface area (Å²) >= 11 is 0. The zero-order valence-corrected chi connectivity index (χ0v) is 9.19. The van der Waals surface area contributed by atoms with E-state index in [4.69, 9.17) is 9.99 Å². The lowest BCUT2D eigenvalue weighted by Crippen LogP contribution is -2.38. The lowest BCUT2D eigenvalue weighted by Gasteiger charge is -2.35. The van der Waals surface area contributed by atoms with E-state index in [-0.39, 0.29) is 5.97 Å². The Kier molecular flexibility index (Phi) is 4.50. The van der Waals surface area contributed by atoms with Gasteiger partial charge in [-0.3, -0.25) is 4.79 Å². The van der Waals surface area contributed by atoms with E-state index in [1.807, 2.05) is 0 Å². The third-order valence-corrected chi connectivity index (χ3v) is 3.09. The summed E-state index contributed by atoms with van der Waals surface area (Å²) in [5.41, 5.74) is 0. The predicted molar refractivity (Wildman–Crippen MR) is 52.0 cm³/mol. The maximum Gasteiger partial charge on any atom is 0.305 e. The third kappa shape index (κ3) is 3.15. The van der Waals surface area contributed by atoms with Gasteiger partial charge in [0, 0.05) is 26.4 Å². The van der Waals surface area contributed by atoms with Crippen LogP contribution in [0, 0.1) is 5.92 Å². The number of methoxy groups -OCH3 is 2. The molecule has 15 heavy (non-hydrogen) atoms. The molecule has 1 fully saturated rings. The van der Waals surface area contributed by atoms with Crippen LogP contribution in [0.2, 0.25) is 0 Å². The van der Waals surface area contributed by atoms with Crippen LogP contribution in [0.25, 0.3) is 0 Å². The second kappa shape index (κ2) is 5.44. The van der Waals surface area contributed by atoms with Crippen LogP contribution in [0.4, 0.5) is 0 Å². The van der Waals surface area contributed by atoms with Gasteiger partial charge in [-0.25, -0.2) is 10.1 Å². The maximum absolute atomic E-state index is 11.0. The maximum atomic E-state index is 11.0. The van der Waals surface area contributed by atoms with Crippen molar-refractivity contribution < 1.29 is 24.4 Å². The van der Waals surface area contributed by atoms with Gasteiger partial charge in [-0.15, -0.1) is 0 Å². The average molecular weight is 218 g/mol. The SMILES string of the molecule is COC(=O)CC1CCC(OC)(OO)CC1. The Morgan fingerprint density at radius 1 is 1.40 bits per heavy atom. The summed E-state index contributed by atoms with van der Waals surface area (Å²) < 4.78 is 9.73. The largest absolute Gasteiger partial charge is 0.469 e. The number of esters is 1. The molecule has 0 aliphatic heterocycles. The van der Waals surface area contributed by atoms with Crippen LogP contribution in [0.1, 0.15) is 32.1 Å². The molecule has 0 aromatic rings. The molecule has 1 rings (SSSR count). The zero-order valence-electron chi connectivity index (χ0n) is 9.19. The quantitative estimate of drug-likeness (QED) is 0.336. The monoisotopic (exact) mass is 218 g/mol. The molecular formula is C10H18O5. The molecule has 88 valence electrons. The molecule has 0 heterocycles. The average Bonchev–Trinajstić information content (AvgIpc) is 2.30. The molecule has 0 radical (unpaired) electrons. The van der Waals surface area contributed by atoms with Crippen molar-refractivity contribution in [1.29, 1.82) is 0 Å². The molecule has 0 saturated heterocycles. The minimum Gasteiger partial charge on any atom is -0.469 e. The number of hydrogen-bond acceptors (Lipinski definition) is 5. The van der Waals surface area contributed by atoms with Gasteiger partial charge >= 0.3 is 5.97 Å². The molecule has 1 saturated carbocycles. The Morgan fingerprint density at radius 3 is 2.40 bits per heavy atom. The van der Waals surface area contributed by atoms with Crippen molar-refractivity contribution in [3.05, 3.63) is 0 Å². The molecule has 1 aliphatic rings. The molecule has 0 amide bonds. The zero-order chi connectivity index (χ0) is 11.3. The molecule has 1 aliphatic carbocycles. The fourth-order valence-corrected chi connectivity index (χ4v) is 1.97. The van der Waals surface area contributed by atoms with Gasteiger partial charge in [0.1, 0.15) is 0 Å². The van der Waals surface area contributed by atoms with Crippen LogP contribution in [-0.4, -0.2) is 31.2 Å². The summed E-state index contributed by atoms with van der Waals surface area (Å²) in [6.07, 6.45) is 3.22. The van der Waals surface area contributed by atoms with Gasteiger partial charge in [-0.05, 0) is 18.8 Å². The highest BCUT2D eigenvalue weighted by atomic mass is 17.1. The summed E-state index contributed by atoms with van der Waals surface area (Å²) in [6, 6.07) is 0. The van der Waals surface area contributed by atoms with E-state index < -0.39 is 5.79 Å². The first-order chi connectivity index (χ1) is 7.15. The van der Waals surface area contributed by atoms with Crippen molar-refractivity contribution in [2.75, 3.05) is 14.2 Å². The van der Waals surface area contributed by atoms with Crippen LogP contribution < -0.4 is 0 Å². The Balaban J connectivity index is 2.38. The number of carbonyl (C=O) groups excluding carboxylic acids is 1. The van der Waals surface area contributed by atoms with Crippen LogP contribution in [0.15, 0.2) is 0 Å². The first-order valence-electron chi connectivity index (χ1n) is 5.10. The highest BCUT2D eigenvalue weighted by Gasteiger charge is 2.37. The second-order valence-corrected chi connectivity index (χ2v) is 3.93. The van der Waals surface area contributed by atoms with E-state index in [1.165, 1.54) is 14.2 Å². The topological polar surface area (TPSA) is 65.0 Å². The highest BCUT2D eigenvalue weighted by Crippen LogP contribution is 2.36. The standard InChI is InChI=1S/C10H18O5/c1-13-9(11)7-8-3-5-10(14-2,15-12)6-4-8/h8,12H,3-7H2,1-2H3. The van der Waals surface area contributed by atoms with Gasteiger partial charge in [0.2, 0.25) is 5.79 Å². The van der Waals surface area contributed by atoms with Crippen LogP contribution in [-0.2, 0) is 19.2 Å².